The van der Waals surface area contributed by atoms with Gasteiger partial charge in [-0.2, -0.15) is 0 Å². The Morgan fingerprint density at radius 1 is 1.36 bits per heavy atom. The number of rotatable bonds is 5. The maximum atomic E-state index is 13.8. The Hall–Kier alpha value is -1.29. The molecular weight excluding hydrogens is 457 g/mol. The van der Waals surface area contributed by atoms with Crippen molar-refractivity contribution in [3.63, 3.8) is 0 Å². The Morgan fingerprint density at radius 3 is 2.68 bits per heavy atom. The molecule has 0 aliphatic heterocycles. The van der Waals surface area contributed by atoms with Crippen LogP contribution >= 0.6 is 35.3 Å². The molecule has 1 saturated carbocycles. The number of guanidine groups is 1. The van der Waals surface area contributed by atoms with E-state index in [-0.39, 0.29) is 41.5 Å². The SMILES string of the molecule is CN=C(NCCc1csc(C)n1)NC1CC1c1c(F)cccc1F.I. The third kappa shape index (κ3) is 5.10. The van der Waals surface area contributed by atoms with Crippen LogP contribution in [-0.4, -0.2) is 30.6 Å². The van der Waals surface area contributed by atoms with Crippen molar-refractivity contribution < 1.29 is 8.78 Å². The lowest BCUT2D eigenvalue weighted by Gasteiger charge is -2.11. The summed E-state index contributed by atoms with van der Waals surface area (Å²) in [6.45, 7) is 2.69. The van der Waals surface area contributed by atoms with Crippen LogP contribution in [0, 0.1) is 18.6 Å². The van der Waals surface area contributed by atoms with Gasteiger partial charge in [0.25, 0.3) is 0 Å². The molecule has 1 aromatic carbocycles. The molecule has 3 rings (SSSR count). The van der Waals surface area contributed by atoms with Crippen LogP contribution < -0.4 is 10.6 Å². The Labute approximate surface area is 167 Å². The first-order chi connectivity index (χ1) is 11.6. The molecule has 2 aromatic rings. The van der Waals surface area contributed by atoms with Crippen molar-refractivity contribution in [3.05, 3.63) is 51.5 Å². The molecule has 136 valence electrons. The van der Waals surface area contributed by atoms with Crippen LogP contribution in [0.25, 0.3) is 0 Å². The van der Waals surface area contributed by atoms with E-state index < -0.39 is 11.6 Å². The number of nitrogens with one attached hydrogen (secondary N) is 2. The second-order valence-electron chi connectivity index (χ2n) is 5.84. The van der Waals surface area contributed by atoms with E-state index >= 15 is 0 Å². The summed E-state index contributed by atoms with van der Waals surface area (Å²) < 4.78 is 27.6. The van der Waals surface area contributed by atoms with Gasteiger partial charge >= 0.3 is 0 Å². The second kappa shape index (κ2) is 8.88. The van der Waals surface area contributed by atoms with Crippen LogP contribution in [0.15, 0.2) is 28.6 Å². The van der Waals surface area contributed by atoms with Crippen LogP contribution in [0.4, 0.5) is 8.78 Å². The third-order valence-electron chi connectivity index (χ3n) is 4.05. The molecule has 1 aliphatic carbocycles. The van der Waals surface area contributed by atoms with Gasteiger partial charge in [0.15, 0.2) is 5.96 Å². The third-order valence-corrected chi connectivity index (χ3v) is 4.87. The summed E-state index contributed by atoms with van der Waals surface area (Å²) in [5.74, 6) is -0.463. The van der Waals surface area contributed by atoms with E-state index in [1.165, 1.54) is 18.2 Å². The molecule has 1 heterocycles. The van der Waals surface area contributed by atoms with Crippen molar-refractivity contribution in [3.8, 4) is 0 Å². The normalized spacial score (nSPS) is 19.3. The molecule has 2 atom stereocenters. The number of aliphatic imine (C=N–C) groups is 1. The molecule has 4 nitrogen and oxygen atoms in total. The van der Waals surface area contributed by atoms with Crippen LogP contribution in [0.5, 0.6) is 0 Å². The Kier molecular flexibility index (Phi) is 7.12. The predicted molar refractivity (Wildman–Crippen MR) is 108 cm³/mol. The van der Waals surface area contributed by atoms with Crippen LogP contribution in [-0.2, 0) is 6.42 Å². The summed E-state index contributed by atoms with van der Waals surface area (Å²) >= 11 is 1.63. The molecule has 0 amide bonds. The minimum absolute atomic E-state index is 0. The zero-order chi connectivity index (χ0) is 17.1. The first-order valence-corrected chi connectivity index (χ1v) is 8.78. The number of hydrogen-bond donors (Lipinski definition) is 2. The number of benzene rings is 1. The summed E-state index contributed by atoms with van der Waals surface area (Å²) in [4.78, 5) is 8.58. The van der Waals surface area contributed by atoms with Crippen molar-refractivity contribution in [1.29, 1.82) is 0 Å². The maximum Gasteiger partial charge on any atom is 0.191 e. The first kappa shape index (κ1) is 20.0. The van der Waals surface area contributed by atoms with E-state index in [0.717, 1.165) is 17.1 Å². The summed E-state index contributed by atoms with van der Waals surface area (Å²) in [5.41, 5.74) is 1.22. The average Bonchev–Trinajstić information content (AvgIpc) is 3.17. The fraction of sp³-hybridized carbons (Fsp3) is 0.412. The quantitative estimate of drug-likeness (QED) is 0.392. The number of aromatic nitrogens is 1. The molecule has 0 spiro atoms. The van der Waals surface area contributed by atoms with Crippen molar-refractivity contribution in [2.24, 2.45) is 4.99 Å². The Morgan fingerprint density at radius 2 is 2.08 bits per heavy atom. The lowest BCUT2D eigenvalue weighted by molar-refractivity contribution is 0.553. The summed E-state index contributed by atoms with van der Waals surface area (Å²) in [6, 6.07) is 4.00. The van der Waals surface area contributed by atoms with Gasteiger partial charge < -0.3 is 10.6 Å². The molecule has 2 N–H and O–H groups in total. The fourth-order valence-electron chi connectivity index (χ4n) is 2.74. The van der Waals surface area contributed by atoms with Gasteiger partial charge in [-0.05, 0) is 25.5 Å². The van der Waals surface area contributed by atoms with Gasteiger partial charge in [-0.15, -0.1) is 35.3 Å². The standard InChI is InChI=1S/C17H20F2N4S.HI/c1-10-22-11(9-24-10)6-7-21-17(20-2)23-15-8-12(15)16-13(18)4-3-5-14(16)19;/h3-5,9,12,15H,6-8H2,1-2H3,(H2,20,21,23);1H. The van der Waals surface area contributed by atoms with Gasteiger partial charge in [0.2, 0.25) is 0 Å². The van der Waals surface area contributed by atoms with Crippen LogP contribution in [0.3, 0.4) is 0 Å². The highest BCUT2D eigenvalue weighted by Gasteiger charge is 2.42. The lowest BCUT2D eigenvalue weighted by Crippen LogP contribution is -2.40. The fourth-order valence-corrected chi connectivity index (χ4v) is 3.39. The molecule has 1 aliphatic rings. The van der Waals surface area contributed by atoms with E-state index in [1.54, 1.807) is 18.4 Å². The van der Waals surface area contributed by atoms with Gasteiger partial charge in [-0.25, -0.2) is 13.8 Å². The number of aryl methyl sites for hydroxylation is 1. The molecule has 0 radical (unpaired) electrons. The first-order valence-electron chi connectivity index (χ1n) is 7.90. The van der Waals surface area contributed by atoms with E-state index in [1.807, 2.05) is 12.3 Å². The Bertz CT molecular complexity index is 730. The van der Waals surface area contributed by atoms with Crippen LogP contribution in [0.2, 0.25) is 0 Å². The van der Waals surface area contributed by atoms with Crippen molar-refractivity contribution in [1.82, 2.24) is 15.6 Å². The van der Waals surface area contributed by atoms with Crippen molar-refractivity contribution >= 4 is 41.3 Å². The molecule has 1 aromatic heterocycles. The number of nitrogens with zero attached hydrogens (tertiary/aromatic N) is 2. The van der Waals surface area contributed by atoms with E-state index in [9.17, 15) is 8.78 Å². The summed E-state index contributed by atoms with van der Waals surface area (Å²) in [7, 11) is 1.68. The predicted octanol–water partition coefficient (Wildman–Crippen LogP) is 3.61. The molecule has 0 saturated heterocycles. The Balaban J connectivity index is 0.00000225. The lowest BCUT2D eigenvalue weighted by atomic mass is 10.1. The van der Waals surface area contributed by atoms with Gasteiger partial charge in [0, 0.05) is 42.9 Å². The molecule has 2 unspecified atom stereocenters. The monoisotopic (exact) mass is 478 g/mol. The number of halogens is 3. The van der Waals surface area contributed by atoms with Gasteiger partial charge in [-0.3, -0.25) is 4.99 Å². The van der Waals surface area contributed by atoms with E-state index in [0.29, 0.717) is 18.9 Å². The highest BCUT2D eigenvalue weighted by Crippen LogP contribution is 2.42. The second-order valence-corrected chi connectivity index (χ2v) is 6.90. The average molecular weight is 478 g/mol. The molecule has 8 heteroatoms. The summed E-state index contributed by atoms with van der Waals surface area (Å²) in [6.07, 6.45) is 1.50. The topological polar surface area (TPSA) is 49.3 Å². The van der Waals surface area contributed by atoms with Gasteiger partial charge in [0.05, 0.1) is 10.7 Å². The minimum atomic E-state index is -0.480. The molecule has 0 bridgehead atoms. The van der Waals surface area contributed by atoms with E-state index in [2.05, 4.69) is 20.6 Å². The van der Waals surface area contributed by atoms with Crippen molar-refractivity contribution in [2.45, 2.75) is 31.7 Å². The van der Waals surface area contributed by atoms with Gasteiger partial charge in [0.1, 0.15) is 11.6 Å². The largest absolute Gasteiger partial charge is 0.356 e. The molecular formula is C17H21F2IN4S. The summed E-state index contributed by atoms with van der Waals surface area (Å²) in [5, 5.41) is 9.54. The van der Waals surface area contributed by atoms with Crippen molar-refractivity contribution in [2.75, 3.05) is 13.6 Å². The number of thiazole rings is 1. The highest BCUT2D eigenvalue weighted by molar-refractivity contribution is 14.0. The van der Waals surface area contributed by atoms with Crippen LogP contribution in [0.1, 0.15) is 28.6 Å². The maximum absolute atomic E-state index is 13.8. The molecule has 25 heavy (non-hydrogen) atoms. The molecule has 1 fully saturated rings. The smallest absolute Gasteiger partial charge is 0.191 e. The van der Waals surface area contributed by atoms with E-state index in [4.69, 9.17) is 0 Å². The zero-order valence-electron chi connectivity index (χ0n) is 14.1. The van der Waals surface area contributed by atoms with Gasteiger partial charge in [-0.1, -0.05) is 6.07 Å². The number of hydrogen-bond acceptors (Lipinski definition) is 3. The minimum Gasteiger partial charge on any atom is -0.356 e. The highest BCUT2D eigenvalue weighted by atomic mass is 127. The zero-order valence-corrected chi connectivity index (χ0v) is 17.2.